The first-order chi connectivity index (χ1) is 13.5. The Morgan fingerprint density at radius 3 is 2.59 bits per heavy atom. The van der Waals surface area contributed by atoms with Crippen molar-refractivity contribution in [3.05, 3.63) is 53.7 Å². The van der Waals surface area contributed by atoms with E-state index in [1.165, 1.54) is 42.6 Å². The maximum absolute atomic E-state index is 12.3. The lowest BCUT2D eigenvalue weighted by Gasteiger charge is -2.11. The van der Waals surface area contributed by atoms with Crippen molar-refractivity contribution in [3.63, 3.8) is 0 Å². The van der Waals surface area contributed by atoms with Crippen LogP contribution in [0.5, 0.6) is 5.88 Å². The van der Waals surface area contributed by atoms with E-state index in [0.717, 1.165) is 0 Å². The molecule has 1 amide bonds. The van der Waals surface area contributed by atoms with Gasteiger partial charge in [0.05, 0.1) is 4.90 Å². The summed E-state index contributed by atoms with van der Waals surface area (Å²) in [7, 11) is -3.75. The molecule has 1 aromatic carbocycles. The highest BCUT2D eigenvalue weighted by Gasteiger charge is 2.28. The number of hydrogen-bond acceptors (Lipinski definition) is 5. The Bertz CT molecular complexity index is 963. The fourth-order valence-electron chi connectivity index (χ4n) is 2.26. The number of rotatable bonds is 8. The molecule has 29 heavy (non-hydrogen) atoms. The molecule has 2 rings (SSSR count). The van der Waals surface area contributed by atoms with E-state index >= 15 is 0 Å². The highest BCUT2D eigenvalue weighted by atomic mass is 32.2. The Kier molecular flexibility index (Phi) is 7.20. The summed E-state index contributed by atoms with van der Waals surface area (Å²) in [5.74, 6) is -0.761. The van der Waals surface area contributed by atoms with Crippen LogP contribution >= 0.6 is 0 Å². The summed E-state index contributed by atoms with van der Waals surface area (Å²) < 4.78 is 68.1. The van der Waals surface area contributed by atoms with E-state index in [0.29, 0.717) is 5.56 Å². The molecule has 7 nitrogen and oxygen atoms in total. The Balaban J connectivity index is 2.04. The van der Waals surface area contributed by atoms with Gasteiger partial charge in [0.1, 0.15) is 0 Å². The number of ether oxygens (including phenoxy) is 1. The molecule has 0 spiro atoms. The molecule has 11 heteroatoms. The maximum atomic E-state index is 12.3. The lowest BCUT2D eigenvalue weighted by atomic mass is 10.2. The van der Waals surface area contributed by atoms with Crippen LogP contribution in [0, 0.1) is 0 Å². The van der Waals surface area contributed by atoms with Crippen molar-refractivity contribution in [3.8, 4) is 5.88 Å². The fraction of sp³-hybridized carbons (Fsp3) is 0.333. The van der Waals surface area contributed by atoms with Crippen molar-refractivity contribution in [1.29, 1.82) is 0 Å². The van der Waals surface area contributed by atoms with Crippen molar-refractivity contribution >= 4 is 15.9 Å². The monoisotopic (exact) mass is 431 g/mol. The number of pyridine rings is 1. The molecule has 0 radical (unpaired) electrons. The van der Waals surface area contributed by atoms with Gasteiger partial charge in [-0.3, -0.25) is 4.79 Å². The second-order valence-electron chi connectivity index (χ2n) is 6.39. The van der Waals surface area contributed by atoms with Crippen LogP contribution in [0.15, 0.2) is 47.5 Å². The second-order valence-corrected chi connectivity index (χ2v) is 8.11. The SMILES string of the molecule is CC(C)NS(=O)(=O)c1cccc(C(=O)NCc2ccnc(OCC(F)(F)F)c2)c1. The van der Waals surface area contributed by atoms with E-state index in [1.807, 2.05) is 0 Å². The molecule has 0 saturated carbocycles. The molecule has 0 saturated heterocycles. The summed E-state index contributed by atoms with van der Waals surface area (Å²) in [6.07, 6.45) is -3.22. The maximum Gasteiger partial charge on any atom is 0.422 e. The molecule has 0 aliphatic carbocycles. The van der Waals surface area contributed by atoms with Gasteiger partial charge in [0.25, 0.3) is 5.91 Å². The van der Waals surface area contributed by atoms with Crippen molar-refractivity contribution in [2.75, 3.05) is 6.61 Å². The lowest BCUT2D eigenvalue weighted by Crippen LogP contribution is -2.30. The first-order valence-electron chi connectivity index (χ1n) is 8.51. The van der Waals surface area contributed by atoms with E-state index in [-0.39, 0.29) is 28.9 Å². The van der Waals surface area contributed by atoms with Gasteiger partial charge in [-0.2, -0.15) is 13.2 Å². The molecule has 0 fully saturated rings. The van der Waals surface area contributed by atoms with Crippen molar-refractivity contribution < 1.29 is 31.1 Å². The first kappa shape index (κ1) is 22.6. The third-order valence-electron chi connectivity index (χ3n) is 3.43. The molecule has 2 aromatic rings. The Hall–Kier alpha value is -2.66. The van der Waals surface area contributed by atoms with Gasteiger partial charge < -0.3 is 10.1 Å². The van der Waals surface area contributed by atoms with Crippen LogP contribution in [0.4, 0.5) is 13.2 Å². The quantitative estimate of drug-likeness (QED) is 0.670. The largest absolute Gasteiger partial charge is 0.468 e. The van der Waals surface area contributed by atoms with E-state index in [9.17, 15) is 26.4 Å². The van der Waals surface area contributed by atoms with Gasteiger partial charge in [0.15, 0.2) is 6.61 Å². The average molecular weight is 431 g/mol. The summed E-state index contributed by atoms with van der Waals surface area (Å²) in [5.41, 5.74) is 0.593. The fourth-order valence-corrected chi connectivity index (χ4v) is 3.56. The zero-order valence-electron chi connectivity index (χ0n) is 15.7. The predicted octanol–water partition coefficient (Wildman–Crippen LogP) is 2.64. The third-order valence-corrected chi connectivity index (χ3v) is 5.09. The van der Waals surface area contributed by atoms with Gasteiger partial charge in [0, 0.05) is 30.4 Å². The van der Waals surface area contributed by atoms with Crippen molar-refractivity contribution in [2.24, 2.45) is 0 Å². The Labute approximate surface area is 166 Å². The number of alkyl halides is 3. The van der Waals surface area contributed by atoms with Gasteiger partial charge in [-0.15, -0.1) is 0 Å². The molecule has 0 aliphatic rings. The number of benzene rings is 1. The molecular formula is C18H20F3N3O4S. The minimum atomic E-state index is -4.48. The zero-order chi connectivity index (χ0) is 21.7. The van der Waals surface area contributed by atoms with Crippen LogP contribution in [0.25, 0.3) is 0 Å². The van der Waals surface area contributed by atoms with Crippen LogP contribution in [0.2, 0.25) is 0 Å². The van der Waals surface area contributed by atoms with Crippen LogP contribution in [0.3, 0.4) is 0 Å². The first-order valence-corrected chi connectivity index (χ1v) is 10.00. The van der Waals surface area contributed by atoms with Crippen molar-refractivity contribution in [1.82, 2.24) is 15.0 Å². The van der Waals surface area contributed by atoms with Crippen LogP contribution < -0.4 is 14.8 Å². The number of halogens is 3. The number of hydrogen-bond donors (Lipinski definition) is 2. The number of amides is 1. The Morgan fingerprint density at radius 1 is 1.21 bits per heavy atom. The number of nitrogens with zero attached hydrogens (tertiary/aromatic N) is 1. The molecule has 0 bridgehead atoms. The summed E-state index contributed by atoms with van der Waals surface area (Å²) in [6.45, 7) is 1.87. The molecule has 1 heterocycles. The van der Waals surface area contributed by atoms with Gasteiger partial charge >= 0.3 is 6.18 Å². The molecule has 1 aromatic heterocycles. The van der Waals surface area contributed by atoms with Gasteiger partial charge in [-0.25, -0.2) is 18.1 Å². The number of carbonyl (C=O) groups excluding carboxylic acids is 1. The van der Waals surface area contributed by atoms with Crippen LogP contribution in [-0.2, 0) is 16.6 Å². The number of nitrogens with one attached hydrogen (secondary N) is 2. The summed E-state index contributed by atoms with van der Waals surface area (Å²) in [4.78, 5) is 16.0. The van der Waals surface area contributed by atoms with Crippen LogP contribution in [0.1, 0.15) is 29.8 Å². The smallest absolute Gasteiger partial charge is 0.422 e. The lowest BCUT2D eigenvalue weighted by molar-refractivity contribution is -0.154. The van der Waals surface area contributed by atoms with E-state index in [4.69, 9.17) is 0 Å². The highest BCUT2D eigenvalue weighted by molar-refractivity contribution is 7.89. The molecular weight excluding hydrogens is 411 g/mol. The van der Waals surface area contributed by atoms with E-state index < -0.39 is 28.7 Å². The van der Waals surface area contributed by atoms with Gasteiger partial charge in [-0.1, -0.05) is 6.07 Å². The van der Waals surface area contributed by atoms with Crippen LogP contribution in [-0.4, -0.2) is 38.1 Å². The normalized spacial score (nSPS) is 12.1. The topological polar surface area (TPSA) is 97.4 Å². The third kappa shape index (κ3) is 7.35. The Morgan fingerprint density at radius 2 is 1.93 bits per heavy atom. The van der Waals surface area contributed by atoms with Gasteiger partial charge in [0.2, 0.25) is 15.9 Å². The van der Waals surface area contributed by atoms with Gasteiger partial charge in [-0.05, 0) is 43.7 Å². The molecule has 158 valence electrons. The molecule has 0 aliphatic heterocycles. The molecule has 2 N–H and O–H groups in total. The van der Waals surface area contributed by atoms with E-state index in [1.54, 1.807) is 13.8 Å². The number of carbonyl (C=O) groups is 1. The summed E-state index contributed by atoms with van der Waals surface area (Å²) in [5, 5.41) is 2.57. The molecule has 0 atom stereocenters. The molecule has 0 unspecified atom stereocenters. The van der Waals surface area contributed by atoms with E-state index in [2.05, 4.69) is 19.8 Å². The standard InChI is InChI=1S/C18H20F3N3O4S/c1-12(2)24-29(26,27)15-5-3-4-14(9-15)17(25)23-10-13-6-7-22-16(8-13)28-11-18(19,20)21/h3-9,12,24H,10-11H2,1-2H3,(H,23,25). The minimum Gasteiger partial charge on any atom is -0.468 e. The van der Waals surface area contributed by atoms with Crippen molar-refractivity contribution in [2.45, 2.75) is 37.5 Å². The highest BCUT2D eigenvalue weighted by Crippen LogP contribution is 2.18. The number of aromatic nitrogens is 1. The minimum absolute atomic E-state index is 0.00898. The second kappa shape index (κ2) is 9.23. The summed E-state index contributed by atoms with van der Waals surface area (Å²) >= 11 is 0. The zero-order valence-corrected chi connectivity index (χ0v) is 16.5. The number of sulfonamides is 1. The predicted molar refractivity (Wildman–Crippen MR) is 98.9 cm³/mol. The average Bonchev–Trinajstić information content (AvgIpc) is 2.63. The summed E-state index contributed by atoms with van der Waals surface area (Å²) in [6, 6.07) is 7.98.